The SMILES string of the molecule is CCn1cc(CBr)c(-c2cnccn2)n1. The molecule has 0 aliphatic heterocycles. The third-order valence-electron chi connectivity index (χ3n) is 2.11. The van der Waals surface area contributed by atoms with Crippen LogP contribution in [0.25, 0.3) is 11.4 Å². The smallest absolute Gasteiger partial charge is 0.116 e. The molecule has 0 bridgehead atoms. The highest BCUT2D eigenvalue weighted by molar-refractivity contribution is 9.08. The predicted molar refractivity (Wildman–Crippen MR) is 61.6 cm³/mol. The Kier molecular flexibility index (Phi) is 3.11. The van der Waals surface area contributed by atoms with Gasteiger partial charge < -0.3 is 0 Å². The van der Waals surface area contributed by atoms with E-state index in [1.165, 1.54) is 0 Å². The Bertz CT molecular complexity index is 438. The molecule has 0 saturated heterocycles. The maximum Gasteiger partial charge on any atom is 0.116 e. The summed E-state index contributed by atoms with van der Waals surface area (Å²) in [6.07, 6.45) is 7.10. The lowest BCUT2D eigenvalue weighted by Gasteiger charge is -1.96. The van der Waals surface area contributed by atoms with E-state index in [9.17, 15) is 0 Å². The van der Waals surface area contributed by atoms with Gasteiger partial charge in [0, 0.05) is 36.0 Å². The minimum absolute atomic E-state index is 0.777. The first-order valence-corrected chi connectivity index (χ1v) is 5.86. The van der Waals surface area contributed by atoms with Gasteiger partial charge in [-0.25, -0.2) is 0 Å². The van der Waals surface area contributed by atoms with Gasteiger partial charge in [0.05, 0.1) is 6.20 Å². The second-order valence-corrected chi connectivity index (χ2v) is 3.64. The van der Waals surface area contributed by atoms with Crippen molar-refractivity contribution < 1.29 is 0 Å². The van der Waals surface area contributed by atoms with Crippen molar-refractivity contribution in [2.75, 3.05) is 0 Å². The Morgan fingerprint density at radius 1 is 1.40 bits per heavy atom. The number of rotatable bonds is 3. The van der Waals surface area contributed by atoms with E-state index < -0.39 is 0 Å². The Balaban J connectivity index is 2.47. The first-order valence-electron chi connectivity index (χ1n) is 4.73. The van der Waals surface area contributed by atoms with Crippen LogP contribution in [0.15, 0.2) is 24.8 Å². The highest BCUT2D eigenvalue weighted by Gasteiger charge is 2.10. The molecule has 2 aromatic heterocycles. The molecule has 4 nitrogen and oxygen atoms in total. The summed E-state index contributed by atoms with van der Waals surface area (Å²) in [5.41, 5.74) is 2.86. The third kappa shape index (κ3) is 2.07. The van der Waals surface area contributed by atoms with Crippen molar-refractivity contribution in [2.45, 2.75) is 18.8 Å². The molecule has 0 radical (unpaired) electrons. The molecule has 78 valence electrons. The highest BCUT2D eigenvalue weighted by atomic mass is 79.9. The van der Waals surface area contributed by atoms with Gasteiger partial charge in [-0.05, 0) is 6.92 Å². The zero-order valence-corrected chi connectivity index (χ0v) is 9.98. The molecule has 15 heavy (non-hydrogen) atoms. The second kappa shape index (κ2) is 4.53. The van der Waals surface area contributed by atoms with Gasteiger partial charge >= 0.3 is 0 Å². The van der Waals surface area contributed by atoms with Gasteiger partial charge in [0.25, 0.3) is 0 Å². The third-order valence-corrected chi connectivity index (χ3v) is 2.72. The molecule has 0 aliphatic rings. The van der Waals surface area contributed by atoms with Crippen LogP contribution in [-0.4, -0.2) is 19.7 Å². The summed E-state index contributed by atoms with van der Waals surface area (Å²) in [4.78, 5) is 8.29. The number of hydrogen-bond donors (Lipinski definition) is 0. The van der Waals surface area contributed by atoms with Crippen molar-refractivity contribution in [1.29, 1.82) is 0 Å². The second-order valence-electron chi connectivity index (χ2n) is 3.08. The number of aryl methyl sites for hydroxylation is 1. The van der Waals surface area contributed by atoms with E-state index in [4.69, 9.17) is 0 Å². The van der Waals surface area contributed by atoms with Gasteiger partial charge in [0.2, 0.25) is 0 Å². The largest absolute Gasteiger partial charge is 0.272 e. The maximum absolute atomic E-state index is 4.45. The Morgan fingerprint density at radius 3 is 2.87 bits per heavy atom. The van der Waals surface area contributed by atoms with Crippen molar-refractivity contribution in [3.05, 3.63) is 30.4 Å². The van der Waals surface area contributed by atoms with Crippen molar-refractivity contribution in [3.8, 4) is 11.4 Å². The van der Waals surface area contributed by atoms with Crippen LogP contribution in [0.2, 0.25) is 0 Å². The molecule has 2 heterocycles. The standard InChI is InChI=1S/C10H11BrN4/c1-2-15-7-8(5-11)10(14-15)9-6-12-3-4-13-9/h3-4,6-7H,2,5H2,1H3. The van der Waals surface area contributed by atoms with Gasteiger partial charge in [0.15, 0.2) is 0 Å². The van der Waals surface area contributed by atoms with Crippen LogP contribution in [0, 0.1) is 0 Å². The molecule has 0 amide bonds. The summed E-state index contributed by atoms with van der Waals surface area (Å²) in [6.45, 7) is 2.92. The molecule has 0 aliphatic carbocycles. The first kappa shape index (κ1) is 10.3. The molecule has 0 atom stereocenters. The Hall–Kier alpha value is -1.23. The molecule has 0 unspecified atom stereocenters. The minimum Gasteiger partial charge on any atom is -0.272 e. The first-order chi connectivity index (χ1) is 7.35. The molecule has 0 saturated carbocycles. The number of halogens is 1. The number of alkyl halides is 1. The lowest BCUT2D eigenvalue weighted by molar-refractivity contribution is 0.661. The van der Waals surface area contributed by atoms with Crippen LogP contribution in [0.1, 0.15) is 12.5 Å². The van der Waals surface area contributed by atoms with E-state index in [2.05, 4.69) is 37.9 Å². The molecule has 0 N–H and O–H groups in total. The summed E-state index contributed by atoms with van der Waals surface area (Å²) in [7, 11) is 0. The average Bonchev–Trinajstić information content (AvgIpc) is 2.73. The summed E-state index contributed by atoms with van der Waals surface area (Å²) in [5.74, 6) is 0. The van der Waals surface area contributed by atoms with Crippen LogP contribution in [0.3, 0.4) is 0 Å². The summed E-state index contributed by atoms with van der Waals surface area (Å²) in [5, 5.41) is 5.23. The van der Waals surface area contributed by atoms with E-state index in [1.807, 2.05) is 10.9 Å². The van der Waals surface area contributed by atoms with Gasteiger partial charge in [-0.3, -0.25) is 14.6 Å². The monoisotopic (exact) mass is 266 g/mol. The molecular formula is C10H11BrN4. The molecular weight excluding hydrogens is 256 g/mol. The maximum atomic E-state index is 4.45. The predicted octanol–water partition coefficient (Wildman–Crippen LogP) is 2.25. The molecule has 0 fully saturated rings. The minimum atomic E-state index is 0.777. The Labute approximate surface area is 96.5 Å². The van der Waals surface area contributed by atoms with Gasteiger partial charge in [-0.1, -0.05) is 15.9 Å². The molecule has 0 spiro atoms. The number of aromatic nitrogens is 4. The van der Waals surface area contributed by atoms with E-state index in [0.717, 1.165) is 28.8 Å². The van der Waals surface area contributed by atoms with Gasteiger partial charge in [-0.2, -0.15) is 5.10 Å². The van der Waals surface area contributed by atoms with Gasteiger partial charge in [-0.15, -0.1) is 0 Å². The van der Waals surface area contributed by atoms with Crippen molar-refractivity contribution in [2.24, 2.45) is 0 Å². The average molecular weight is 267 g/mol. The molecule has 2 rings (SSSR count). The molecule has 5 heteroatoms. The summed E-state index contributed by atoms with van der Waals surface area (Å²) in [6, 6.07) is 0. The zero-order valence-electron chi connectivity index (χ0n) is 8.39. The number of nitrogens with zero attached hydrogens (tertiary/aromatic N) is 4. The van der Waals surface area contributed by atoms with Crippen molar-refractivity contribution in [1.82, 2.24) is 19.7 Å². The van der Waals surface area contributed by atoms with E-state index >= 15 is 0 Å². The fourth-order valence-corrected chi connectivity index (χ4v) is 1.77. The van der Waals surface area contributed by atoms with Crippen molar-refractivity contribution >= 4 is 15.9 Å². The van der Waals surface area contributed by atoms with Crippen LogP contribution in [0.5, 0.6) is 0 Å². The zero-order chi connectivity index (χ0) is 10.7. The molecule has 0 aromatic carbocycles. The quantitative estimate of drug-likeness (QED) is 0.801. The summed E-state index contributed by atoms with van der Waals surface area (Å²) >= 11 is 3.45. The van der Waals surface area contributed by atoms with Crippen LogP contribution >= 0.6 is 15.9 Å². The number of hydrogen-bond acceptors (Lipinski definition) is 3. The van der Waals surface area contributed by atoms with E-state index in [-0.39, 0.29) is 0 Å². The summed E-state index contributed by atoms with van der Waals surface area (Å²) < 4.78 is 1.90. The fourth-order valence-electron chi connectivity index (χ4n) is 1.36. The van der Waals surface area contributed by atoms with Gasteiger partial charge in [0.1, 0.15) is 11.4 Å². The van der Waals surface area contributed by atoms with Crippen LogP contribution in [-0.2, 0) is 11.9 Å². The molecule has 2 aromatic rings. The van der Waals surface area contributed by atoms with E-state index in [0.29, 0.717) is 0 Å². The lowest BCUT2D eigenvalue weighted by atomic mass is 10.2. The lowest BCUT2D eigenvalue weighted by Crippen LogP contribution is -1.94. The van der Waals surface area contributed by atoms with Crippen molar-refractivity contribution in [3.63, 3.8) is 0 Å². The van der Waals surface area contributed by atoms with Crippen LogP contribution < -0.4 is 0 Å². The van der Waals surface area contributed by atoms with Crippen LogP contribution in [0.4, 0.5) is 0 Å². The highest BCUT2D eigenvalue weighted by Crippen LogP contribution is 2.21. The fraction of sp³-hybridized carbons (Fsp3) is 0.300. The normalized spacial score (nSPS) is 10.5. The van der Waals surface area contributed by atoms with E-state index in [1.54, 1.807) is 18.6 Å². The Morgan fingerprint density at radius 2 is 2.27 bits per heavy atom. The topological polar surface area (TPSA) is 43.6 Å².